The Bertz CT molecular complexity index is 418. The van der Waals surface area contributed by atoms with Gasteiger partial charge in [0.1, 0.15) is 5.75 Å². The molecule has 0 saturated heterocycles. The van der Waals surface area contributed by atoms with Gasteiger partial charge in [0.25, 0.3) is 0 Å². The van der Waals surface area contributed by atoms with Crippen LogP contribution in [0.15, 0.2) is 24.3 Å². The second-order valence-corrected chi connectivity index (χ2v) is 3.34. The Morgan fingerprint density at radius 2 is 2.00 bits per heavy atom. The van der Waals surface area contributed by atoms with E-state index in [1.54, 1.807) is 12.1 Å². The molecule has 15 heavy (non-hydrogen) atoms. The molecule has 0 radical (unpaired) electrons. The van der Waals surface area contributed by atoms with Crippen molar-refractivity contribution in [3.63, 3.8) is 0 Å². The summed E-state index contributed by atoms with van der Waals surface area (Å²) in [5, 5.41) is 0. The van der Waals surface area contributed by atoms with Gasteiger partial charge in [0.05, 0.1) is 12.7 Å². The molecule has 0 saturated carbocycles. The highest BCUT2D eigenvalue weighted by Crippen LogP contribution is 2.40. The molecule has 0 amide bonds. The van der Waals surface area contributed by atoms with Gasteiger partial charge < -0.3 is 4.74 Å². The first-order valence-electron chi connectivity index (χ1n) is 4.47. The summed E-state index contributed by atoms with van der Waals surface area (Å²) >= 11 is 0. The topological polar surface area (TPSA) is 9.23 Å². The van der Waals surface area contributed by atoms with Crippen molar-refractivity contribution < 1.29 is 17.9 Å². The third-order valence-corrected chi connectivity index (χ3v) is 2.43. The number of allylic oxidation sites excluding steroid dienone is 2. The molecule has 0 heterocycles. The smallest absolute Gasteiger partial charge is 0.416 e. The monoisotopic (exact) mass is 214 g/mol. The lowest BCUT2D eigenvalue weighted by atomic mass is 10.1. The Labute approximate surface area is 85.2 Å². The van der Waals surface area contributed by atoms with Crippen LogP contribution in [0.5, 0.6) is 5.75 Å². The summed E-state index contributed by atoms with van der Waals surface area (Å²) in [6.45, 7) is 0. The lowest BCUT2D eigenvalue weighted by Crippen LogP contribution is -2.09. The minimum absolute atomic E-state index is 0.267. The molecule has 0 atom stereocenters. The van der Waals surface area contributed by atoms with E-state index >= 15 is 0 Å². The summed E-state index contributed by atoms with van der Waals surface area (Å²) in [5.41, 5.74) is 0.394. The Morgan fingerprint density at radius 1 is 1.27 bits per heavy atom. The van der Waals surface area contributed by atoms with E-state index < -0.39 is 11.7 Å². The first-order chi connectivity index (χ1) is 7.02. The van der Waals surface area contributed by atoms with Crippen LogP contribution in [0.2, 0.25) is 0 Å². The Kier molecular flexibility index (Phi) is 2.21. The van der Waals surface area contributed by atoms with Crippen LogP contribution in [0.4, 0.5) is 13.2 Å². The quantitative estimate of drug-likeness (QED) is 0.697. The summed E-state index contributed by atoms with van der Waals surface area (Å²) in [4.78, 5) is 0. The predicted octanol–water partition coefficient (Wildman–Crippen LogP) is 3.20. The largest absolute Gasteiger partial charge is 0.497 e. The molecule has 1 nitrogen and oxygen atoms in total. The van der Waals surface area contributed by atoms with E-state index in [9.17, 15) is 13.2 Å². The minimum atomic E-state index is -4.26. The van der Waals surface area contributed by atoms with Gasteiger partial charge in [0.15, 0.2) is 0 Å². The van der Waals surface area contributed by atoms with Crippen molar-refractivity contribution in [3.05, 3.63) is 35.4 Å². The average molecular weight is 214 g/mol. The maximum absolute atomic E-state index is 12.5. The molecule has 80 valence electrons. The molecule has 0 N–H and O–H groups in total. The van der Waals surface area contributed by atoms with Crippen molar-refractivity contribution in [2.75, 3.05) is 7.11 Å². The number of alkyl halides is 3. The van der Waals surface area contributed by atoms with Crippen molar-refractivity contribution in [1.29, 1.82) is 0 Å². The molecule has 2 rings (SSSR count). The number of ether oxygens (including phenoxy) is 1. The summed E-state index contributed by atoms with van der Waals surface area (Å²) in [6, 6.07) is 4.65. The normalized spacial score (nSPS) is 14.8. The number of hydrogen-bond acceptors (Lipinski definition) is 1. The van der Waals surface area contributed by atoms with Crippen LogP contribution in [-0.2, 0) is 6.42 Å². The number of hydrogen-bond donors (Lipinski definition) is 0. The highest BCUT2D eigenvalue weighted by Gasteiger charge is 2.37. The van der Waals surface area contributed by atoms with Crippen molar-refractivity contribution in [2.24, 2.45) is 0 Å². The lowest BCUT2D eigenvalue weighted by Gasteiger charge is -2.10. The summed E-state index contributed by atoms with van der Waals surface area (Å²) in [7, 11) is 1.49. The van der Waals surface area contributed by atoms with Crippen molar-refractivity contribution in [1.82, 2.24) is 0 Å². The molecule has 0 spiro atoms. The molecule has 4 heteroatoms. The van der Waals surface area contributed by atoms with Crippen molar-refractivity contribution in [2.45, 2.75) is 12.6 Å². The first-order valence-corrected chi connectivity index (χ1v) is 4.47. The second-order valence-electron chi connectivity index (χ2n) is 3.34. The second kappa shape index (κ2) is 3.29. The number of benzene rings is 1. The fourth-order valence-electron chi connectivity index (χ4n) is 1.72. The van der Waals surface area contributed by atoms with Crippen LogP contribution in [0.3, 0.4) is 0 Å². The van der Waals surface area contributed by atoms with E-state index in [4.69, 9.17) is 4.74 Å². The van der Waals surface area contributed by atoms with Gasteiger partial charge in [-0.15, -0.1) is 0 Å². The standard InChI is InChI=1S/C11H9F3O/c1-15-8-3-4-9-7(6-8)2-5-10(9)11(12,13)14/h3-6H,2H2,1H3. The molecule has 1 aliphatic rings. The van der Waals surface area contributed by atoms with Gasteiger partial charge >= 0.3 is 6.18 Å². The molecule has 1 aromatic carbocycles. The first kappa shape index (κ1) is 10.1. The van der Waals surface area contributed by atoms with E-state index in [1.807, 2.05) is 0 Å². The van der Waals surface area contributed by atoms with Gasteiger partial charge in [-0.1, -0.05) is 12.1 Å². The molecule has 0 aliphatic heterocycles. The van der Waals surface area contributed by atoms with Gasteiger partial charge in [-0.25, -0.2) is 0 Å². The van der Waals surface area contributed by atoms with Gasteiger partial charge in [0, 0.05) is 0 Å². The fourth-order valence-corrected chi connectivity index (χ4v) is 1.72. The average Bonchev–Trinajstić information content (AvgIpc) is 2.59. The number of methoxy groups -OCH3 is 1. The van der Waals surface area contributed by atoms with Crippen molar-refractivity contribution in [3.8, 4) is 5.75 Å². The molecule has 0 unspecified atom stereocenters. The van der Waals surface area contributed by atoms with Crippen LogP contribution in [0, 0.1) is 0 Å². The van der Waals surface area contributed by atoms with E-state index in [0.717, 1.165) is 0 Å². The SMILES string of the molecule is COc1ccc2c(c1)CC=C2C(F)(F)F. The van der Waals surface area contributed by atoms with Crippen LogP contribution in [0.1, 0.15) is 11.1 Å². The highest BCUT2D eigenvalue weighted by atomic mass is 19.4. The molecule has 1 aliphatic carbocycles. The fraction of sp³-hybridized carbons (Fsp3) is 0.273. The molecular weight excluding hydrogens is 205 g/mol. The van der Waals surface area contributed by atoms with Gasteiger partial charge in [0.2, 0.25) is 0 Å². The zero-order valence-electron chi connectivity index (χ0n) is 8.06. The molecule has 0 bridgehead atoms. The lowest BCUT2D eigenvalue weighted by molar-refractivity contribution is -0.0687. The zero-order valence-corrected chi connectivity index (χ0v) is 8.06. The summed E-state index contributed by atoms with van der Waals surface area (Å²) in [5.74, 6) is 0.588. The van der Waals surface area contributed by atoms with Gasteiger partial charge in [-0.3, -0.25) is 0 Å². The summed E-state index contributed by atoms with van der Waals surface area (Å²) in [6.07, 6.45) is -2.73. The van der Waals surface area contributed by atoms with Crippen LogP contribution in [0.25, 0.3) is 5.57 Å². The van der Waals surface area contributed by atoms with Gasteiger partial charge in [-0.2, -0.15) is 13.2 Å². The van der Waals surface area contributed by atoms with Crippen LogP contribution >= 0.6 is 0 Å². The van der Waals surface area contributed by atoms with Gasteiger partial charge in [-0.05, 0) is 29.7 Å². The predicted molar refractivity (Wildman–Crippen MR) is 50.7 cm³/mol. The number of fused-ring (bicyclic) bond motifs is 1. The van der Waals surface area contributed by atoms with Crippen molar-refractivity contribution >= 4 is 5.57 Å². The van der Waals surface area contributed by atoms with Crippen LogP contribution < -0.4 is 4.74 Å². The zero-order chi connectivity index (χ0) is 11.1. The van der Waals surface area contributed by atoms with E-state index in [2.05, 4.69) is 0 Å². The number of halogens is 3. The molecular formula is C11H9F3O. The molecule has 0 aromatic heterocycles. The van der Waals surface area contributed by atoms with E-state index in [1.165, 1.54) is 19.3 Å². The Balaban J connectivity index is 2.42. The third-order valence-electron chi connectivity index (χ3n) is 2.43. The van der Waals surface area contributed by atoms with E-state index in [-0.39, 0.29) is 5.56 Å². The molecule has 0 fully saturated rings. The Morgan fingerprint density at radius 3 is 2.60 bits per heavy atom. The van der Waals surface area contributed by atoms with E-state index in [0.29, 0.717) is 17.7 Å². The highest BCUT2D eigenvalue weighted by molar-refractivity contribution is 5.76. The maximum atomic E-state index is 12.5. The molecule has 1 aromatic rings. The Hall–Kier alpha value is -1.45. The third kappa shape index (κ3) is 1.71. The maximum Gasteiger partial charge on any atom is 0.416 e. The summed E-state index contributed by atoms with van der Waals surface area (Å²) < 4.78 is 42.5. The minimum Gasteiger partial charge on any atom is -0.497 e. The number of rotatable bonds is 1. The van der Waals surface area contributed by atoms with Crippen LogP contribution in [-0.4, -0.2) is 13.3 Å².